The van der Waals surface area contributed by atoms with Gasteiger partial charge in [0, 0.05) is 25.7 Å². The van der Waals surface area contributed by atoms with Gasteiger partial charge in [0.25, 0.3) is 5.91 Å². The average Bonchev–Trinajstić information content (AvgIpc) is 2.53. The molecule has 0 unspecified atom stereocenters. The zero-order chi connectivity index (χ0) is 17.9. The van der Waals surface area contributed by atoms with Gasteiger partial charge in [-0.05, 0) is 37.5 Å². The maximum Gasteiger partial charge on any atom is 0.391 e. The van der Waals surface area contributed by atoms with Gasteiger partial charge in [-0.3, -0.25) is 4.79 Å². The number of nitrogens with zero attached hydrogens (tertiary/aromatic N) is 1. The Hall–Kier alpha value is -1.92. The van der Waals surface area contributed by atoms with Gasteiger partial charge in [0.15, 0.2) is 0 Å². The highest BCUT2D eigenvalue weighted by Gasteiger charge is 2.42. The van der Waals surface area contributed by atoms with E-state index in [1.807, 2.05) is 0 Å². The van der Waals surface area contributed by atoms with Gasteiger partial charge >= 0.3 is 6.18 Å². The number of rotatable bonds is 4. The van der Waals surface area contributed by atoms with Gasteiger partial charge in [-0.15, -0.1) is 0 Å². The number of halogens is 3. The van der Waals surface area contributed by atoms with Crippen molar-refractivity contribution in [3.05, 3.63) is 23.8 Å². The predicted molar refractivity (Wildman–Crippen MR) is 86.4 cm³/mol. The van der Waals surface area contributed by atoms with Crippen LogP contribution >= 0.6 is 0 Å². The van der Waals surface area contributed by atoms with Crippen molar-refractivity contribution in [1.29, 1.82) is 0 Å². The maximum atomic E-state index is 13.0. The van der Waals surface area contributed by atoms with Crippen molar-refractivity contribution in [2.75, 3.05) is 26.5 Å². The normalized spacial score (nSPS) is 21.2. The van der Waals surface area contributed by atoms with Gasteiger partial charge in [-0.1, -0.05) is 6.42 Å². The Labute approximate surface area is 140 Å². The van der Waals surface area contributed by atoms with Crippen LogP contribution in [-0.2, 0) is 0 Å². The van der Waals surface area contributed by atoms with Crippen LogP contribution in [0.15, 0.2) is 18.2 Å². The number of nitrogens with one attached hydrogen (secondary N) is 1. The van der Waals surface area contributed by atoms with Crippen LogP contribution in [0.4, 0.5) is 18.9 Å². The van der Waals surface area contributed by atoms with Crippen LogP contribution in [-0.4, -0.2) is 44.2 Å². The largest absolute Gasteiger partial charge is 0.495 e. The molecule has 1 amide bonds. The van der Waals surface area contributed by atoms with E-state index >= 15 is 0 Å². The number of amides is 1. The summed E-state index contributed by atoms with van der Waals surface area (Å²) in [6, 6.07) is 4.65. The fraction of sp³-hybridized carbons (Fsp3) is 0.588. The minimum Gasteiger partial charge on any atom is -0.495 e. The minimum atomic E-state index is -4.16. The van der Waals surface area contributed by atoms with Crippen molar-refractivity contribution in [1.82, 2.24) is 4.90 Å². The summed E-state index contributed by atoms with van der Waals surface area (Å²) in [6.45, 7) is 0. The summed E-state index contributed by atoms with van der Waals surface area (Å²) in [5.74, 6) is -0.932. The first kappa shape index (κ1) is 18.4. The summed E-state index contributed by atoms with van der Waals surface area (Å²) >= 11 is 0. The van der Waals surface area contributed by atoms with Gasteiger partial charge in [-0.2, -0.15) is 13.2 Å². The molecule has 7 heteroatoms. The SMILES string of the molecule is COc1ccc(C(=O)N(C)C)cc1N[C@H]1CCC[C@@H](C(F)(F)F)C1. The number of ether oxygens (including phenoxy) is 1. The average molecular weight is 344 g/mol. The molecule has 0 heterocycles. The Morgan fingerprint density at radius 3 is 2.58 bits per heavy atom. The highest BCUT2D eigenvalue weighted by molar-refractivity contribution is 5.95. The second-order valence-electron chi connectivity index (χ2n) is 6.36. The predicted octanol–water partition coefficient (Wildman–Crippen LogP) is 3.93. The highest BCUT2D eigenvalue weighted by atomic mass is 19.4. The van der Waals surface area contributed by atoms with Gasteiger partial charge < -0.3 is 15.0 Å². The Morgan fingerprint density at radius 1 is 1.29 bits per heavy atom. The lowest BCUT2D eigenvalue weighted by Crippen LogP contribution is -2.34. The lowest BCUT2D eigenvalue weighted by Gasteiger charge is -2.32. The molecule has 1 aliphatic carbocycles. The van der Waals surface area contributed by atoms with Crippen molar-refractivity contribution < 1.29 is 22.7 Å². The van der Waals surface area contributed by atoms with Crippen molar-refractivity contribution in [2.24, 2.45) is 5.92 Å². The maximum absolute atomic E-state index is 13.0. The molecule has 134 valence electrons. The highest BCUT2D eigenvalue weighted by Crippen LogP contribution is 2.39. The summed E-state index contributed by atoms with van der Waals surface area (Å²) in [7, 11) is 4.79. The smallest absolute Gasteiger partial charge is 0.391 e. The van der Waals surface area contributed by atoms with Crippen LogP contribution < -0.4 is 10.1 Å². The molecule has 4 nitrogen and oxygen atoms in total. The number of hydrogen-bond acceptors (Lipinski definition) is 3. The summed E-state index contributed by atoms with van der Waals surface area (Å²) in [5.41, 5.74) is 1.02. The van der Waals surface area contributed by atoms with Gasteiger partial charge in [0.05, 0.1) is 18.7 Å². The van der Waals surface area contributed by atoms with Gasteiger partial charge in [-0.25, -0.2) is 0 Å². The number of carbonyl (C=O) groups is 1. The molecule has 1 aromatic carbocycles. The van der Waals surface area contributed by atoms with E-state index in [4.69, 9.17) is 4.74 Å². The van der Waals surface area contributed by atoms with E-state index in [0.717, 1.165) is 0 Å². The molecule has 0 radical (unpaired) electrons. The van der Waals surface area contributed by atoms with Crippen LogP contribution in [0.1, 0.15) is 36.0 Å². The topological polar surface area (TPSA) is 41.6 Å². The third-order valence-corrected chi connectivity index (χ3v) is 4.35. The first-order valence-corrected chi connectivity index (χ1v) is 7.95. The summed E-state index contributed by atoms with van der Waals surface area (Å²) < 4.78 is 44.1. The molecule has 2 atom stereocenters. The number of hydrogen-bond donors (Lipinski definition) is 1. The molecule has 1 aliphatic rings. The van der Waals surface area contributed by atoms with Crippen molar-refractivity contribution >= 4 is 11.6 Å². The lowest BCUT2D eigenvalue weighted by molar-refractivity contribution is -0.182. The Bertz CT molecular complexity index is 588. The fourth-order valence-electron chi connectivity index (χ4n) is 3.05. The molecule has 0 bridgehead atoms. The zero-order valence-electron chi connectivity index (χ0n) is 14.1. The zero-order valence-corrected chi connectivity index (χ0v) is 14.1. The number of anilines is 1. The Morgan fingerprint density at radius 2 is 2.00 bits per heavy atom. The molecular formula is C17H23F3N2O2. The summed E-state index contributed by atoms with van der Waals surface area (Å²) in [4.78, 5) is 13.5. The van der Waals surface area contributed by atoms with E-state index in [1.165, 1.54) is 12.0 Å². The molecule has 1 fully saturated rings. The summed E-state index contributed by atoms with van der Waals surface area (Å²) in [5, 5.41) is 3.14. The van der Waals surface area contributed by atoms with Crippen LogP contribution in [0.25, 0.3) is 0 Å². The molecule has 2 rings (SSSR count). The molecule has 0 aromatic heterocycles. The first-order valence-electron chi connectivity index (χ1n) is 7.95. The number of benzene rings is 1. The van der Waals surface area contributed by atoms with E-state index in [0.29, 0.717) is 29.8 Å². The van der Waals surface area contributed by atoms with Gasteiger partial charge in [0.1, 0.15) is 5.75 Å². The van der Waals surface area contributed by atoms with Crippen molar-refractivity contribution in [3.8, 4) is 5.75 Å². The molecular weight excluding hydrogens is 321 g/mol. The molecule has 1 saturated carbocycles. The number of alkyl halides is 3. The molecule has 1 aromatic rings. The molecule has 0 aliphatic heterocycles. The van der Waals surface area contributed by atoms with E-state index in [1.54, 1.807) is 32.3 Å². The Balaban J connectivity index is 2.18. The van der Waals surface area contributed by atoms with Crippen LogP contribution in [0.2, 0.25) is 0 Å². The van der Waals surface area contributed by atoms with E-state index in [9.17, 15) is 18.0 Å². The fourth-order valence-corrected chi connectivity index (χ4v) is 3.05. The van der Waals surface area contributed by atoms with E-state index < -0.39 is 12.1 Å². The molecule has 24 heavy (non-hydrogen) atoms. The van der Waals surface area contributed by atoms with E-state index in [-0.39, 0.29) is 24.8 Å². The standard InChI is InChI=1S/C17H23F3N2O2/c1-22(2)16(23)11-7-8-15(24-3)14(9-11)21-13-6-4-5-12(10-13)17(18,19)20/h7-9,12-13,21H,4-6,10H2,1-3H3/t12-,13+/m1/s1. The van der Waals surface area contributed by atoms with Crippen LogP contribution in [0.5, 0.6) is 5.75 Å². The minimum absolute atomic E-state index is 0.0402. The van der Waals surface area contributed by atoms with Crippen molar-refractivity contribution in [2.45, 2.75) is 37.9 Å². The second-order valence-corrected chi connectivity index (χ2v) is 6.36. The van der Waals surface area contributed by atoms with Crippen molar-refractivity contribution in [3.63, 3.8) is 0 Å². The second kappa shape index (κ2) is 7.32. The van der Waals surface area contributed by atoms with E-state index in [2.05, 4.69) is 5.32 Å². The number of methoxy groups -OCH3 is 1. The quantitative estimate of drug-likeness (QED) is 0.900. The molecule has 0 saturated heterocycles. The lowest BCUT2D eigenvalue weighted by atomic mass is 9.85. The monoisotopic (exact) mass is 344 g/mol. The number of carbonyl (C=O) groups excluding carboxylic acids is 1. The third kappa shape index (κ3) is 4.33. The third-order valence-electron chi connectivity index (χ3n) is 4.35. The van der Waals surface area contributed by atoms with Crippen LogP contribution in [0, 0.1) is 5.92 Å². The first-order chi connectivity index (χ1) is 11.2. The summed E-state index contributed by atoms with van der Waals surface area (Å²) in [6.07, 6.45) is -2.74. The van der Waals surface area contributed by atoms with Gasteiger partial charge in [0.2, 0.25) is 0 Å². The Kier molecular flexibility index (Phi) is 5.62. The molecule has 0 spiro atoms. The molecule has 1 N–H and O–H groups in total. The van der Waals surface area contributed by atoms with Crippen LogP contribution in [0.3, 0.4) is 0 Å².